The molecule has 0 aliphatic rings. The maximum absolute atomic E-state index is 9.86. The fourth-order valence-electron chi connectivity index (χ4n) is 0.211. The van der Waals surface area contributed by atoms with Crippen molar-refractivity contribution in [1.82, 2.24) is 0 Å². The summed E-state index contributed by atoms with van der Waals surface area (Å²) in [5, 5.41) is 0. The predicted octanol–water partition coefficient (Wildman–Crippen LogP) is -0.643. The molecule has 9 heteroatoms. The maximum Gasteiger partial charge on any atom is 0.265 e. The van der Waals surface area contributed by atoms with Gasteiger partial charge in [0.25, 0.3) is 20.2 Å². The van der Waals surface area contributed by atoms with E-state index in [0.29, 0.717) is 0 Å². The van der Waals surface area contributed by atoms with Gasteiger partial charge in [-0.05, 0) is 13.8 Å². The number of carbonyl (C=O) groups is 1. The monoisotopic (exact) mass is 248 g/mol. The highest BCUT2D eigenvalue weighted by atomic mass is 32.2. The molecular formula is C5H12O7S2. The Bertz CT molecular complexity index is 327. The lowest BCUT2D eigenvalue weighted by Gasteiger charge is -1.92. The van der Waals surface area contributed by atoms with Crippen LogP contribution in [0.25, 0.3) is 0 Å². The second kappa shape index (κ2) is 6.06. The molecule has 0 spiro atoms. The normalized spacial score (nSPS) is 11.4. The summed E-state index contributed by atoms with van der Waals surface area (Å²) in [7, 11) is -8.59. The minimum atomic E-state index is -4.30. The lowest BCUT2D eigenvalue weighted by Crippen LogP contribution is -2.15. The van der Waals surface area contributed by atoms with Gasteiger partial charge in [-0.3, -0.25) is 9.11 Å². The molecule has 0 rings (SSSR count). The van der Waals surface area contributed by atoms with E-state index in [0.717, 1.165) is 0 Å². The average molecular weight is 248 g/mol. The second-order valence-electron chi connectivity index (χ2n) is 2.48. The Labute approximate surface area is 82.6 Å². The highest BCUT2D eigenvalue weighted by Crippen LogP contribution is 1.86. The molecule has 14 heavy (non-hydrogen) atoms. The lowest BCUT2D eigenvalue weighted by molar-refractivity contribution is -0.115. The van der Waals surface area contributed by atoms with E-state index in [2.05, 4.69) is 0 Å². The molecule has 7 nitrogen and oxygen atoms in total. The molecule has 0 aromatic heterocycles. The molecule has 0 bridgehead atoms. The second-order valence-corrected chi connectivity index (χ2v) is 5.62. The van der Waals surface area contributed by atoms with Crippen LogP contribution in [0.4, 0.5) is 0 Å². The molecule has 0 amide bonds. The molecule has 0 fully saturated rings. The zero-order valence-corrected chi connectivity index (χ0v) is 9.30. The predicted molar refractivity (Wildman–Crippen MR) is 49.2 cm³/mol. The average Bonchev–Trinajstić information content (AvgIpc) is 1.79. The number of rotatable bonds is 3. The first-order valence-corrected chi connectivity index (χ1v) is 6.53. The van der Waals surface area contributed by atoms with Gasteiger partial charge >= 0.3 is 0 Å². The van der Waals surface area contributed by atoms with Gasteiger partial charge in [0, 0.05) is 0 Å². The van der Waals surface area contributed by atoms with Crippen LogP contribution < -0.4 is 0 Å². The van der Waals surface area contributed by atoms with Gasteiger partial charge in [0.2, 0.25) is 0 Å². The van der Waals surface area contributed by atoms with Crippen molar-refractivity contribution in [2.24, 2.45) is 0 Å². The topological polar surface area (TPSA) is 126 Å². The first-order chi connectivity index (χ1) is 5.94. The highest BCUT2D eigenvalue weighted by Gasteiger charge is 2.11. The first-order valence-electron chi connectivity index (χ1n) is 3.31. The first kappa shape index (κ1) is 15.9. The van der Waals surface area contributed by atoms with E-state index < -0.39 is 31.7 Å². The van der Waals surface area contributed by atoms with E-state index in [-0.39, 0.29) is 5.78 Å². The van der Waals surface area contributed by atoms with Crippen LogP contribution in [-0.2, 0) is 25.0 Å². The summed E-state index contributed by atoms with van der Waals surface area (Å²) in [6, 6.07) is 0. The van der Waals surface area contributed by atoms with Crippen molar-refractivity contribution >= 4 is 26.0 Å². The third-order valence-corrected chi connectivity index (χ3v) is 2.30. The Morgan fingerprint density at radius 1 is 0.929 bits per heavy atom. The molecule has 0 aromatic carbocycles. The molecule has 0 aliphatic heterocycles. The zero-order valence-electron chi connectivity index (χ0n) is 7.67. The van der Waals surface area contributed by atoms with Crippen molar-refractivity contribution < 1.29 is 30.7 Å². The van der Waals surface area contributed by atoms with Crippen molar-refractivity contribution in [3.8, 4) is 0 Å². The van der Waals surface area contributed by atoms with Crippen LogP contribution >= 0.6 is 0 Å². The van der Waals surface area contributed by atoms with Crippen LogP contribution in [0.1, 0.15) is 13.8 Å². The SMILES string of the molecule is CC(C)=O.O=S(=O)(O)CCS(=O)(=O)O. The molecule has 86 valence electrons. The quantitative estimate of drug-likeness (QED) is 0.636. The van der Waals surface area contributed by atoms with Crippen molar-refractivity contribution in [1.29, 1.82) is 0 Å². The van der Waals surface area contributed by atoms with Gasteiger partial charge in [0.15, 0.2) is 0 Å². The van der Waals surface area contributed by atoms with E-state index in [1.165, 1.54) is 13.8 Å². The minimum Gasteiger partial charge on any atom is -0.300 e. The number of carbonyl (C=O) groups excluding carboxylic acids is 1. The van der Waals surface area contributed by atoms with E-state index in [9.17, 15) is 21.6 Å². The summed E-state index contributed by atoms with van der Waals surface area (Å²) >= 11 is 0. The fourth-order valence-corrected chi connectivity index (χ4v) is 1.90. The van der Waals surface area contributed by atoms with Gasteiger partial charge in [-0.15, -0.1) is 0 Å². The largest absolute Gasteiger partial charge is 0.300 e. The summed E-state index contributed by atoms with van der Waals surface area (Å²) in [6.45, 7) is 3.06. The van der Waals surface area contributed by atoms with Crippen molar-refractivity contribution in [2.45, 2.75) is 13.8 Å². The van der Waals surface area contributed by atoms with Crippen LogP contribution in [0.3, 0.4) is 0 Å². The Kier molecular flexibility index (Phi) is 6.90. The lowest BCUT2D eigenvalue weighted by atomic mass is 10.6. The smallest absolute Gasteiger partial charge is 0.265 e. The molecule has 0 saturated carbocycles. The van der Waals surface area contributed by atoms with Gasteiger partial charge < -0.3 is 4.79 Å². The van der Waals surface area contributed by atoms with E-state index in [4.69, 9.17) is 9.11 Å². The molecule has 0 heterocycles. The van der Waals surface area contributed by atoms with Crippen LogP contribution in [0, 0.1) is 0 Å². The highest BCUT2D eigenvalue weighted by molar-refractivity contribution is 7.89. The molecule has 0 aliphatic carbocycles. The summed E-state index contributed by atoms with van der Waals surface area (Å²) < 4.78 is 55.4. The van der Waals surface area contributed by atoms with Crippen molar-refractivity contribution in [3.63, 3.8) is 0 Å². The summed E-state index contributed by atoms with van der Waals surface area (Å²) in [6.07, 6.45) is 0. The van der Waals surface area contributed by atoms with Crippen LogP contribution in [0.15, 0.2) is 0 Å². The molecular weight excluding hydrogens is 236 g/mol. The third-order valence-electron chi connectivity index (χ3n) is 0.599. The van der Waals surface area contributed by atoms with Crippen molar-refractivity contribution in [2.75, 3.05) is 11.5 Å². The van der Waals surface area contributed by atoms with Gasteiger partial charge in [-0.2, -0.15) is 16.8 Å². The standard InChI is InChI=1S/C3H6O.C2H6O6S2/c1-3(2)4;3-9(4,5)1-2-10(6,7)8/h1-2H3;1-2H2,(H,3,4,5)(H,6,7,8). The Morgan fingerprint density at radius 3 is 1.14 bits per heavy atom. The van der Waals surface area contributed by atoms with E-state index >= 15 is 0 Å². The van der Waals surface area contributed by atoms with Gasteiger partial charge in [-0.1, -0.05) is 0 Å². The van der Waals surface area contributed by atoms with Crippen LogP contribution in [0.5, 0.6) is 0 Å². The Balaban J connectivity index is 0. The fraction of sp³-hybridized carbons (Fsp3) is 0.800. The van der Waals surface area contributed by atoms with E-state index in [1.54, 1.807) is 0 Å². The zero-order chi connectivity index (χ0) is 12.0. The van der Waals surface area contributed by atoms with E-state index in [1.807, 2.05) is 0 Å². The number of Topliss-reactive ketones (excluding diaryl/α,β-unsaturated/α-hetero) is 1. The Morgan fingerprint density at radius 2 is 1.07 bits per heavy atom. The summed E-state index contributed by atoms with van der Waals surface area (Å²) in [5.74, 6) is -1.79. The molecule has 0 unspecified atom stereocenters. The molecule has 0 aromatic rings. The minimum absolute atomic E-state index is 0.167. The van der Waals surface area contributed by atoms with Crippen molar-refractivity contribution in [3.05, 3.63) is 0 Å². The molecule has 0 atom stereocenters. The van der Waals surface area contributed by atoms with Gasteiger partial charge in [0.1, 0.15) is 5.78 Å². The van der Waals surface area contributed by atoms with Gasteiger partial charge in [-0.25, -0.2) is 0 Å². The number of ketones is 1. The molecule has 0 saturated heterocycles. The molecule has 0 radical (unpaired) electrons. The van der Waals surface area contributed by atoms with Gasteiger partial charge in [0.05, 0.1) is 11.5 Å². The Hall–Kier alpha value is -0.510. The third kappa shape index (κ3) is 30.0. The maximum atomic E-state index is 9.86. The molecule has 2 N–H and O–H groups in total. The number of hydrogen-bond donors (Lipinski definition) is 2. The van der Waals surface area contributed by atoms with Crippen LogP contribution in [0.2, 0.25) is 0 Å². The summed E-state index contributed by atoms with van der Waals surface area (Å²) in [5.41, 5.74) is 0. The number of hydrogen-bond acceptors (Lipinski definition) is 5. The van der Waals surface area contributed by atoms with Crippen LogP contribution in [-0.4, -0.2) is 43.2 Å². The summed E-state index contributed by atoms with van der Waals surface area (Å²) in [4.78, 5) is 9.44.